The Hall–Kier alpha value is -3.66. The van der Waals surface area contributed by atoms with Crippen LogP contribution in [0.4, 0.5) is 20.9 Å². The zero-order valence-corrected chi connectivity index (χ0v) is 20.1. The molecule has 2 unspecified atom stereocenters. The van der Waals surface area contributed by atoms with Crippen LogP contribution in [-0.4, -0.2) is 41.0 Å². The number of rotatable bonds is 5. The quantitative estimate of drug-likeness (QED) is 0.583. The third kappa shape index (κ3) is 4.79. The van der Waals surface area contributed by atoms with Gasteiger partial charge in [-0.05, 0) is 61.4 Å². The van der Waals surface area contributed by atoms with E-state index in [-0.39, 0.29) is 42.4 Å². The highest BCUT2D eigenvalue weighted by atomic mass is 32.1. The van der Waals surface area contributed by atoms with Gasteiger partial charge in [0.05, 0.1) is 5.92 Å². The summed E-state index contributed by atoms with van der Waals surface area (Å²) in [6.45, 7) is 4.73. The molecular formula is C25H24FN5O3S. The first-order chi connectivity index (χ1) is 16.8. The molecule has 2 aliphatic heterocycles. The molecule has 2 atom stereocenters. The van der Waals surface area contributed by atoms with Gasteiger partial charge in [-0.1, -0.05) is 17.4 Å². The average Bonchev–Trinajstić information content (AvgIpc) is 3.52. The number of aryl methyl sites for hydroxylation is 2. The first-order valence-corrected chi connectivity index (χ1v) is 12.2. The molecule has 0 spiro atoms. The van der Waals surface area contributed by atoms with Crippen LogP contribution >= 0.6 is 11.3 Å². The highest BCUT2D eigenvalue weighted by Gasteiger charge is 2.37. The number of nitrogens with one attached hydrogen (secondary N) is 1. The Balaban J connectivity index is 1.22. The van der Waals surface area contributed by atoms with Gasteiger partial charge in [0.15, 0.2) is 0 Å². The van der Waals surface area contributed by atoms with Crippen LogP contribution in [0.25, 0.3) is 0 Å². The summed E-state index contributed by atoms with van der Waals surface area (Å²) in [5.41, 5.74) is 3.63. The highest BCUT2D eigenvalue weighted by molar-refractivity contribution is 7.15. The number of halogens is 1. The Morgan fingerprint density at radius 2 is 1.60 bits per heavy atom. The van der Waals surface area contributed by atoms with Crippen LogP contribution in [0.1, 0.15) is 34.9 Å². The van der Waals surface area contributed by atoms with Gasteiger partial charge >= 0.3 is 0 Å². The van der Waals surface area contributed by atoms with Crippen LogP contribution in [0, 0.1) is 25.6 Å². The molecule has 0 saturated carbocycles. The normalized spacial score (nSPS) is 20.1. The molecule has 0 radical (unpaired) electrons. The summed E-state index contributed by atoms with van der Waals surface area (Å²) in [6, 6.07) is 11.7. The van der Waals surface area contributed by atoms with Gasteiger partial charge in [0.25, 0.3) is 0 Å². The smallest absolute Gasteiger partial charge is 0.231 e. The van der Waals surface area contributed by atoms with E-state index in [4.69, 9.17) is 0 Å². The lowest BCUT2D eigenvalue weighted by Crippen LogP contribution is -2.28. The van der Waals surface area contributed by atoms with E-state index in [0.717, 1.165) is 16.8 Å². The minimum absolute atomic E-state index is 0.0335. The number of nitrogens with zero attached hydrogens (tertiary/aromatic N) is 4. The Kier molecular flexibility index (Phi) is 6.06. The second-order valence-electron chi connectivity index (χ2n) is 9.07. The van der Waals surface area contributed by atoms with Gasteiger partial charge in [0.2, 0.25) is 22.9 Å². The van der Waals surface area contributed by atoms with Gasteiger partial charge in [-0.2, -0.15) is 0 Å². The monoisotopic (exact) mass is 493 g/mol. The van der Waals surface area contributed by atoms with Crippen LogP contribution in [0.5, 0.6) is 0 Å². The van der Waals surface area contributed by atoms with Crippen molar-refractivity contribution in [2.24, 2.45) is 5.92 Å². The maximum Gasteiger partial charge on any atom is 0.231 e. The summed E-state index contributed by atoms with van der Waals surface area (Å²) < 4.78 is 13.2. The summed E-state index contributed by atoms with van der Waals surface area (Å²) in [6.07, 6.45) is 0.399. The third-order valence-corrected chi connectivity index (χ3v) is 7.30. The van der Waals surface area contributed by atoms with Gasteiger partial charge < -0.3 is 15.1 Å². The van der Waals surface area contributed by atoms with E-state index in [1.165, 1.54) is 40.5 Å². The molecule has 180 valence electrons. The van der Waals surface area contributed by atoms with Gasteiger partial charge in [0, 0.05) is 43.2 Å². The zero-order valence-electron chi connectivity index (χ0n) is 19.3. The van der Waals surface area contributed by atoms with Crippen LogP contribution in [0.3, 0.4) is 0 Å². The molecule has 0 bridgehead atoms. The molecule has 0 aliphatic carbocycles. The van der Waals surface area contributed by atoms with Crippen molar-refractivity contribution in [3.05, 3.63) is 64.4 Å². The first-order valence-electron chi connectivity index (χ1n) is 11.4. The average molecular weight is 494 g/mol. The molecule has 10 heteroatoms. The van der Waals surface area contributed by atoms with Crippen molar-refractivity contribution in [2.45, 2.75) is 32.6 Å². The minimum Gasteiger partial charge on any atom is -0.312 e. The minimum atomic E-state index is -0.548. The first kappa shape index (κ1) is 23.1. The van der Waals surface area contributed by atoms with Crippen molar-refractivity contribution in [1.29, 1.82) is 0 Å². The number of carbonyl (C=O) groups is 3. The van der Waals surface area contributed by atoms with Crippen molar-refractivity contribution in [1.82, 2.24) is 10.2 Å². The number of anilines is 3. The Morgan fingerprint density at radius 3 is 2.31 bits per heavy atom. The molecule has 1 N–H and O–H groups in total. The summed E-state index contributed by atoms with van der Waals surface area (Å²) >= 11 is 1.25. The Labute approximate surface area is 205 Å². The lowest BCUT2D eigenvalue weighted by atomic mass is 10.1. The molecule has 2 saturated heterocycles. The zero-order chi connectivity index (χ0) is 24.7. The predicted octanol–water partition coefficient (Wildman–Crippen LogP) is 3.81. The Bertz CT molecular complexity index is 1290. The lowest BCUT2D eigenvalue weighted by Gasteiger charge is -2.17. The van der Waals surface area contributed by atoms with E-state index >= 15 is 0 Å². The predicted molar refractivity (Wildman–Crippen MR) is 131 cm³/mol. The van der Waals surface area contributed by atoms with E-state index in [1.54, 1.807) is 4.90 Å². The molecule has 35 heavy (non-hydrogen) atoms. The number of hydrogen-bond acceptors (Lipinski definition) is 6. The van der Waals surface area contributed by atoms with Crippen LogP contribution in [0.15, 0.2) is 42.5 Å². The van der Waals surface area contributed by atoms with E-state index in [1.807, 2.05) is 26.0 Å². The summed E-state index contributed by atoms with van der Waals surface area (Å²) in [7, 11) is 0. The number of carbonyl (C=O) groups excluding carboxylic acids is 3. The molecule has 8 nitrogen and oxygen atoms in total. The standard InChI is InChI=1S/C25H24FN5O3S/c1-14-7-15(2)9-20(8-14)31-13-17(11-22(31)33)24-28-29-25(35-24)27-23(34)16-10-21(32)30(12-16)19-5-3-18(26)4-6-19/h3-9,16-17H,10-13H2,1-2H3,(H,27,29,34). The van der Waals surface area contributed by atoms with Crippen LogP contribution < -0.4 is 15.1 Å². The number of amides is 3. The fraction of sp³-hybridized carbons (Fsp3) is 0.320. The molecule has 2 fully saturated rings. The van der Waals surface area contributed by atoms with Crippen LogP contribution in [0.2, 0.25) is 0 Å². The van der Waals surface area contributed by atoms with E-state index in [2.05, 4.69) is 21.6 Å². The second-order valence-corrected chi connectivity index (χ2v) is 10.1. The van der Waals surface area contributed by atoms with Gasteiger partial charge in [-0.25, -0.2) is 4.39 Å². The third-order valence-electron chi connectivity index (χ3n) is 6.30. The topological polar surface area (TPSA) is 95.5 Å². The van der Waals surface area contributed by atoms with E-state index in [9.17, 15) is 18.8 Å². The highest BCUT2D eigenvalue weighted by Crippen LogP contribution is 2.35. The maximum atomic E-state index is 13.2. The van der Waals surface area contributed by atoms with Crippen molar-refractivity contribution in [2.75, 3.05) is 28.2 Å². The fourth-order valence-corrected chi connectivity index (χ4v) is 5.48. The molecule has 5 rings (SSSR count). The fourth-order valence-electron chi connectivity index (χ4n) is 4.64. The van der Waals surface area contributed by atoms with E-state index in [0.29, 0.717) is 28.8 Å². The van der Waals surface area contributed by atoms with E-state index < -0.39 is 5.92 Å². The summed E-state index contributed by atoms with van der Waals surface area (Å²) in [5.74, 6) is -1.51. The largest absolute Gasteiger partial charge is 0.312 e. The summed E-state index contributed by atoms with van der Waals surface area (Å²) in [4.78, 5) is 41.2. The molecule has 3 heterocycles. The SMILES string of the molecule is Cc1cc(C)cc(N2CC(c3nnc(NC(=O)C4CC(=O)N(c5ccc(F)cc5)C4)s3)CC2=O)c1. The van der Waals surface area contributed by atoms with Crippen molar-refractivity contribution in [3.63, 3.8) is 0 Å². The molecule has 2 aliphatic rings. The maximum absolute atomic E-state index is 13.2. The van der Waals surface area contributed by atoms with Gasteiger partial charge in [-0.15, -0.1) is 10.2 Å². The number of hydrogen-bond donors (Lipinski definition) is 1. The lowest BCUT2D eigenvalue weighted by molar-refractivity contribution is -0.122. The summed E-state index contributed by atoms with van der Waals surface area (Å²) in [5, 5.41) is 12.1. The molecule has 1 aromatic heterocycles. The van der Waals surface area contributed by atoms with Crippen LogP contribution in [-0.2, 0) is 14.4 Å². The number of benzene rings is 2. The molecular weight excluding hydrogens is 469 g/mol. The van der Waals surface area contributed by atoms with Gasteiger partial charge in [-0.3, -0.25) is 14.4 Å². The van der Waals surface area contributed by atoms with Crippen molar-refractivity contribution in [3.8, 4) is 0 Å². The number of aromatic nitrogens is 2. The molecule has 2 aromatic carbocycles. The Morgan fingerprint density at radius 1 is 0.943 bits per heavy atom. The second kappa shape index (κ2) is 9.18. The van der Waals surface area contributed by atoms with Gasteiger partial charge in [0.1, 0.15) is 10.8 Å². The molecule has 3 amide bonds. The van der Waals surface area contributed by atoms with Crippen molar-refractivity contribution < 1.29 is 18.8 Å². The van der Waals surface area contributed by atoms with Crippen molar-refractivity contribution >= 4 is 45.6 Å². The molecule has 3 aromatic rings.